The lowest BCUT2D eigenvalue weighted by atomic mass is 10.1. The van der Waals surface area contributed by atoms with Crippen LogP contribution in [0.25, 0.3) is 0 Å². The molecular weight excluding hydrogens is 252 g/mol. The van der Waals surface area contributed by atoms with E-state index in [1.807, 2.05) is 0 Å². The summed E-state index contributed by atoms with van der Waals surface area (Å²) in [5.41, 5.74) is 1.34. The zero-order valence-corrected chi connectivity index (χ0v) is 11.1. The molecule has 1 aromatic rings. The summed E-state index contributed by atoms with van der Waals surface area (Å²) in [6.07, 6.45) is 2.20. The lowest BCUT2D eigenvalue weighted by Crippen LogP contribution is -2.07. The summed E-state index contributed by atoms with van der Waals surface area (Å²) in [5.74, 6) is 0.676. The van der Waals surface area contributed by atoms with Crippen molar-refractivity contribution in [2.45, 2.75) is 26.7 Å². The fourth-order valence-electron chi connectivity index (χ4n) is 1.24. The number of hydrogen-bond donors (Lipinski definition) is 0. The molecule has 1 atom stereocenters. The van der Waals surface area contributed by atoms with Crippen molar-refractivity contribution in [3.05, 3.63) is 34.3 Å². The molecule has 1 nitrogen and oxygen atoms in total. The normalized spacial score (nSPS) is 12.7. The summed E-state index contributed by atoms with van der Waals surface area (Å²) < 4.78 is 6.74. The zero-order valence-electron chi connectivity index (χ0n) is 9.50. The Bertz CT molecular complexity index is 268. The molecule has 1 aromatic carbocycles. The van der Waals surface area contributed by atoms with E-state index in [1.54, 1.807) is 0 Å². The van der Waals surface area contributed by atoms with Crippen molar-refractivity contribution in [1.82, 2.24) is 0 Å². The van der Waals surface area contributed by atoms with E-state index in [0.717, 1.165) is 24.1 Å². The molecule has 0 fully saturated rings. The topological polar surface area (TPSA) is 9.23 Å². The molecule has 0 radical (unpaired) electrons. The standard InChI is InChI=1S/C13H19BrO/c1-3-11(2)10-15-9-8-12-4-6-13(14)7-5-12/h4-7,11H,3,8-10H2,1-2H3. The van der Waals surface area contributed by atoms with Gasteiger partial charge in [0.15, 0.2) is 0 Å². The fourth-order valence-corrected chi connectivity index (χ4v) is 1.51. The summed E-state index contributed by atoms with van der Waals surface area (Å²) in [5, 5.41) is 0. The summed E-state index contributed by atoms with van der Waals surface area (Å²) in [7, 11) is 0. The van der Waals surface area contributed by atoms with Crippen molar-refractivity contribution in [2.24, 2.45) is 5.92 Å². The quantitative estimate of drug-likeness (QED) is 0.709. The average molecular weight is 271 g/mol. The second kappa shape index (κ2) is 7.02. The number of rotatable bonds is 6. The molecule has 0 aromatic heterocycles. The van der Waals surface area contributed by atoms with E-state index in [4.69, 9.17) is 4.74 Å². The van der Waals surface area contributed by atoms with Gasteiger partial charge in [-0.25, -0.2) is 0 Å². The minimum atomic E-state index is 0.676. The first kappa shape index (κ1) is 12.7. The van der Waals surface area contributed by atoms with Crippen LogP contribution in [0.15, 0.2) is 28.7 Å². The Hall–Kier alpha value is -0.340. The van der Waals surface area contributed by atoms with Crippen molar-refractivity contribution in [2.75, 3.05) is 13.2 Å². The smallest absolute Gasteiger partial charge is 0.0506 e. The minimum Gasteiger partial charge on any atom is -0.381 e. The van der Waals surface area contributed by atoms with Crippen molar-refractivity contribution in [1.29, 1.82) is 0 Å². The molecule has 1 unspecified atom stereocenters. The number of hydrogen-bond acceptors (Lipinski definition) is 1. The Morgan fingerprint density at radius 1 is 1.27 bits per heavy atom. The lowest BCUT2D eigenvalue weighted by molar-refractivity contribution is 0.106. The van der Waals surface area contributed by atoms with Gasteiger partial charge in [-0.3, -0.25) is 0 Å². The van der Waals surface area contributed by atoms with Crippen LogP contribution in [0.1, 0.15) is 25.8 Å². The summed E-state index contributed by atoms with van der Waals surface area (Å²) >= 11 is 3.42. The Kier molecular flexibility index (Phi) is 5.96. The Balaban J connectivity index is 2.17. The van der Waals surface area contributed by atoms with E-state index in [-0.39, 0.29) is 0 Å². The minimum absolute atomic E-state index is 0.676. The molecule has 1 rings (SSSR count). The van der Waals surface area contributed by atoms with E-state index >= 15 is 0 Å². The average Bonchev–Trinajstić information content (AvgIpc) is 2.26. The van der Waals surface area contributed by atoms with Gasteiger partial charge in [-0.05, 0) is 30.0 Å². The molecule has 2 heteroatoms. The molecule has 0 heterocycles. The zero-order chi connectivity index (χ0) is 11.1. The third-order valence-electron chi connectivity index (χ3n) is 2.55. The van der Waals surface area contributed by atoms with Crippen LogP contribution >= 0.6 is 15.9 Å². The highest BCUT2D eigenvalue weighted by molar-refractivity contribution is 9.10. The van der Waals surface area contributed by atoms with Crippen molar-refractivity contribution < 1.29 is 4.74 Å². The van der Waals surface area contributed by atoms with Gasteiger partial charge in [-0.15, -0.1) is 0 Å². The van der Waals surface area contributed by atoms with Crippen LogP contribution in [0.4, 0.5) is 0 Å². The SMILES string of the molecule is CCC(C)COCCc1ccc(Br)cc1. The maximum absolute atomic E-state index is 5.61. The van der Waals surface area contributed by atoms with Crippen LogP contribution in [-0.2, 0) is 11.2 Å². The largest absolute Gasteiger partial charge is 0.381 e. The van der Waals surface area contributed by atoms with E-state index in [0.29, 0.717) is 5.92 Å². The lowest BCUT2D eigenvalue weighted by Gasteiger charge is -2.09. The third kappa shape index (κ3) is 5.33. The molecule has 0 aliphatic rings. The molecule has 0 amide bonds. The van der Waals surface area contributed by atoms with Gasteiger partial charge in [0.05, 0.1) is 6.61 Å². The van der Waals surface area contributed by atoms with Gasteiger partial charge in [0.1, 0.15) is 0 Å². The highest BCUT2D eigenvalue weighted by Crippen LogP contribution is 2.11. The predicted molar refractivity (Wildman–Crippen MR) is 68.1 cm³/mol. The molecule has 0 aliphatic carbocycles. The van der Waals surface area contributed by atoms with Gasteiger partial charge in [-0.1, -0.05) is 48.3 Å². The van der Waals surface area contributed by atoms with Crippen molar-refractivity contribution >= 4 is 15.9 Å². The molecule has 0 bridgehead atoms. The maximum atomic E-state index is 5.61. The molecule has 0 saturated carbocycles. The number of ether oxygens (including phenoxy) is 1. The van der Waals surface area contributed by atoms with Crippen LogP contribution in [0, 0.1) is 5.92 Å². The second-order valence-corrected chi connectivity index (χ2v) is 4.88. The molecule has 0 N–H and O–H groups in total. The van der Waals surface area contributed by atoms with Gasteiger partial charge in [0, 0.05) is 11.1 Å². The van der Waals surface area contributed by atoms with E-state index in [9.17, 15) is 0 Å². The summed E-state index contributed by atoms with van der Waals surface area (Å²) in [6.45, 7) is 6.13. The van der Waals surface area contributed by atoms with Crippen molar-refractivity contribution in [3.8, 4) is 0 Å². The maximum Gasteiger partial charge on any atom is 0.0506 e. The van der Waals surface area contributed by atoms with E-state index < -0.39 is 0 Å². The second-order valence-electron chi connectivity index (χ2n) is 3.96. The number of benzene rings is 1. The van der Waals surface area contributed by atoms with Crippen LogP contribution in [0.3, 0.4) is 0 Å². The summed E-state index contributed by atoms with van der Waals surface area (Å²) in [4.78, 5) is 0. The Morgan fingerprint density at radius 3 is 2.53 bits per heavy atom. The van der Waals surface area contributed by atoms with Gasteiger partial charge in [0.2, 0.25) is 0 Å². The first-order chi connectivity index (χ1) is 7.22. The van der Waals surface area contributed by atoms with E-state index in [1.165, 1.54) is 12.0 Å². The Morgan fingerprint density at radius 2 is 1.93 bits per heavy atom. The Labute approximate surface area is 101 Å². The van der Waals surface area contributed by atoms with Crippen molar-refractivity contribution in [3.63, 3.8) is 0 Å². The van der Waals surface area contributed by atoms with Crippen LogP contribution in [0.2, 0.25) is 0 Å². The molecule has 0 spiro atoms. The van der Waals surface area contributed by atoms with Gasteiger partial charge in [0.25, 0.3) is 0 Å². The predicted octanol–water partition coefficient (Wildman–Crippen LogP) is 4.05. The van der Waals surface area contributed by atoms with Crippen LogP contribution < -0.4 is 0 Å². The van der Waals surface area contributed by atoms with Crippen LogP contribution in [0.5, 0.6) is 0 Å². The number of halogens is 1. The first-order valence-corrected chi connectivity index (χ1v) is 6.34. The first-order valence-electron chi connectivity index (χ1n) is 5.54. The highest BCUT2D eigenvalue weighted by Gasteiger charge is 1.98. The molecular formula is C13H19BrO. The highest BCUT2D eigenvalue weighted by atomic mass is 79.9. The summed E-state index contributed by atoms with van der Waals surface area (Å²) in [6, 6.07) is 8.42. The van der Waals surface area contributed by atoms with Crippen LogP contribution in [-0.4, -0.2) is 13.2 Å². The molecule has 0 aliphatic heterocycles. The fraction of sp³-hybridized carbons (Fsp3) is 0.538. The molecule has 84 valence electrons. The third-order valence-corrected chi connectivity index (χ3v) is 3.08. The van der Waals surface area contributed by atoms with E-state index in [2.05, 4.69) is 54.0 Å². The van der Waals surface area contributed by atoms with Gasteiger partial charge < -0.3 is 4.74 Å². The monoisotopic (exact) mass is 270 g/mol. The van der Waals surface area contributed by atoms with Gasteiger partial charge >= 0.3 is 0 Å². The molecule has 15 heavy (non-hydrogen) atoms. The molecule has 0 saturated heterocycles. The van der Waals surface area contributed by atoms with Gasteiger partial charge in [-0.2, -0.15) is 0 Å².